The van der Waals surface area contributed by atoms with Crippen molar-refractivity contribution in [3.05, 3.63) is 54.6 Å². The van der Waals surface area contributed by atoms with Crippen molar-refractivity contribution < 1.29 is 29.0 Å². The lowest BCUT2D eigenvalue weighted by Crippen LogP contribution is -2.60. The number of benzene rings is 1. The van der Waals surface area contributed by atoms with E-state index >= 15 is 0 Å². The third-order valence-corrected chi connectivity index (χ3v) is 9.66. The predicted molar refractivity (Wildman–Crippen MR) is 154 cm³/mol. The first-order valence-corrected chi connectivity index (χ1v) is 14.3. The maximum atomic E-state index is 14.9. The number of nitrogens with zero attached hydrogens (tertiary/aromatic N) is 2. The summed E-state index contributed by atoms with van der Waals surface area (Å²) in [5, 5.41) is 10.6. The Kier molecular flexibility index (Phi) is 8.35. The fraction of sp³-hybridized carbons (Fsp3) is 0.594. The van der Waals surface area contributed by atoms with E-state index in [1.165, 1.54) is 6.08 Å². The fourth-order valence-electron chi connectivity index (χ4n) is 7.31. The summed E-state index contributed by atoms with van der Waals surface area (Å²) < 4.78 is 12.3. The smallest absolute Gasteiger partial charge is 0.313 e. The number of aliphatic hydroxyl groups is 1. The lowest BCUT2D eigenvalue weighted by atomic mass is 9.62. The first kappa shape index (κ1) is 30.0. The monoisotopic (exact) mass is 552 g/mol. The first-order chi connectivity index (χ1) is 18.9. The van der Waals surface area contributed by atoms with E-state index in [1.54, 1.807) is 15.9 Å². The molecule has 218 valence electrons. The van der Waals surface area contributed by atoms with Crippen molar-refractivity contribution in [1.82, 2.24) is 4.90 Å². The Morgan fingerprint density at radius 2 is 2.00 bits per heavy atom. The summed E-state index contributed by atoms with van der Waals surface area (Å²) >= 11 is 0. The first-order valence-electron chi connectivity index (χ1n) is 14.3. The molecule has 1 aromatic carbocycles. The van der Waals surface area contributed by atoms with Crippen molar-refractivity contribution in [1.29, 1.82) is 0 Å². The second kappa shape index (κ2) is 11.1. The van der Waals surface area contributed by atoms with Crippen molar-refractivity contribution in [2.75, 3.05) is 24.7 Å². The molecule has 1 spiro atoms. The predicted octanol–water partition coefficient (Wildman–Crippen LogP) is 3.97. The molecule has 8 atom stereocenters. The number of fused-ring (bicyclic) bond motifs is 1. The highest BCUT2D eigenvalue weighted by Gasteiger charge is 2.81. The van der Waals surface area contributed by atoms with Gasteiger partial charge in [-0.3, -0.25) is 14.4 Å². The molecular formula is C32H44N2O6. The van der Waals surface area contributed by atoms with E-state index in [9.17, 15) is 19.5 Å². The third kappa shape index (κ3) is 4.40. The maximum Gasteiger partial charge on any atom is 0.313 e. The molecule has 2 amide bonds. The topological polar surface area (TPSA) is 96.4 Å². The van der Waals surface area contributed by atoms with Gasteiger partial charge in [0, 0.05) is 12.2 Å². The van der Waals surface area contributed by atoms with E-state index < -0.39 is 41.1 Å². The Balaban J connectivity index is 1.92. The second-order valence-corrected chi connectivity index (χ2v) is 12.0. The number of aryl methyl sites for hydroxylation is 2. The van der Waals surface area contributed by atoms with E-state index in [1.807, 2.05) is 59.7 Å². The third-order valence-electron chi connectivity index (χ3n) is 9.66. The summed E-state index contributed by atoms with van der Waals surface area (Å²) in [6.45, 7) is 19.2. The van der Waals surface area contributed by atoms with Crippen molar-refractivity contribution >= 4 is 23.5 Å². The van der Waals surface area contributed by atoms with Crippen LogP contribution in [0.1, 0.15) is 51.7 Å². The van der Waals surface area contributed by atoms with Crippen LogP contribution in [-0.4, -0.2) is 70.8 Å². The highest BCUT2D eigenvalue weighted by Crippen LogP contribution is 2.66. The normalized spacial score (nSPS) is 32.0. The number of hydrogen-bond acceptors (Lipinski definition) is 6. The van der Waals surface area contributed by atoms with Gasteiger partial charge in [0.1, 0.15) is 24.2 Å². The van der Waals surface area contributed by atoms with Crippen LogP contribution < -0.4 is 4.90 Å². The van der Waals surface area contributed by atoms with E-state index in [2.05, 4.69) is 13.2 Å². The van der Waals surface area contributed by atoms with Gasteiger partial charge >= 0.3 is 5.97 Å². The van der Waals surface area contributed by atoms with Crippen molar-refractivity contribution in [2.45, 2.75) is 77.7 Å². The fourth-order valence-corrected chi connectivity index (χ4v) is 7.31. The molecule has 0 saturated carbocycles. The van der Waals surface area contributed by atoms with Gasteiger partial charge in [0.2, 0.25) is 5.91 Å². The molecule has 2 bridgehead atoms. The zero-order valence-corrected chi connectivity index (χ0v) is 24.7. The van der Waals surface area contributed by atoms with Crippen LogP contribution in [0.2, 0.25) is 0 Å². The van der Waals surface area contributed by atoms with Crippen molar-refractivity contribution in [3.8, 4) is 0 Å². The standard InChI is InChI=1S/C32H44N2O6/c1-9-14-33(23-16-19(4)12-13-21(23)6)29(37)27-32-17-22(7)31(8,40-32)26(30(38)39-15-10-2)25(32)28(36)34(27)24(18-35)20(5)11-3/h9-10,12-13,16,20,22,24-27,35H,1-2,11,14-15,17-18H2,3-8H3/t20-,22?,24-,25-,26-,27?,31+,32?/m0/s1. The van der Waals surface area contributed by atoms with Crippen LogP contribution in [0, 0.1) is 37.5 Å². The maximum absolute atomic E-state index is 14.9. The minimum atomic E-state index is -1.24. The van der Waals surface area contributed by atoms with Gasteiger partial charge in [-0.1, -0.05) is 58.1 Å². The molecule has 3 unspecified atom stereocenters. The van der Waals surface area contributed by atoms with Crippen molar-refractivity contribution in [3.63, 3.8) is 0 Å². The van der Waals surface area contributed by atoms with Crippen LogP contribution in [0.5, 0.6) is 0 Å². The Bertz CT molecular complexity index is 1200. The number of ether oxygens (including phenoxy) is 2. The average Bonchev–Trinajstić information content (AvgIpc) is 3.44. The number of likely N-dealkylation sites (tertiary alicyclic amines) is 1. The highest BCUT2D eigenvalue weighted by atomic mass is 16.6. The molecule has 0 aliphatic carbocycles. The number of carbonyl (C=O) groups is 3. The number of amides is 2. The Morgan fingerprint density at radius 3 is 2.60 bits per heavy atom. The van der Waals surface area contributed by atoms with Gasteiger partial charge in [0.05, 0.1) is 24.2 Å². The molecular weight excluding hydrogens is 508 g/mol. The number of hydrogen-bond donors (Lipinski definition) is 1. The van der Waals surface area contributed by atoms with E-state index in [4.69, 9.17) is 9.47 Å². The molecule has 3 heterocycles. The largest absolute Gasteiger partial charge is 0.461 e. The Hall–Kier alpha value is -2.97. The zero-order chi connectivity index (χ0) is 29.6. The van der Waals surface area contributed by atoms with Crippen LogP contribution in [0.25, 0.3) is 0 Å². The quantitative estimate of drug-likeness (QED) is 0.330. The van der Waals surface area contributed by atoms with Crippen molar-refractivity contribution in [2.24, 2.45) is 23.7 Å². The summed E-state index contributed by atoms with van der Waals surface area (Å²) in [4.78, 5) is 46.1. The number of anilines is 1. The molecule has 3 fully saturated rings. The van der Waals surface area contributed by atoms with Crippen LogP contribution in [0.3, 0.4) is 0 Å². The van der Waals surface area contributed by atoms with Gasteiger partial charge in [-0.15, -0.1) is 6.58 Å². The lowest BCUT2D eigenvalue weighted by molar-refractivity contribution is -0.162. The van der Waals surface area contributed by atoms with Crippen LogP contribution in [0.4, 0.5) is 5.69 Å². The van der Waals surface area contributed by atoms with E-state index in [-0.39, 0.29) is 43.4 Å². The number of esters is 1. The van der Waals surface area contributed by atoms with Gasteiger partial charge in [-0.25, -0.2) is 0 Å². The molecule has 1 aromatic rings. The SMILES string of the molecule is C=CCOC(=O)[C@@H]1[C@H]2C(=O)N([C@@H](CO)[C@@H](C)CC)C(C(=O)N(CC=C)c3cc(C)ccc3C)C23CC(C)[C@@]1(C)O3. The summed E-state index contributed by atoms with van der Waals surface area (Å²) in [6, 6.07) is 4.26. The summed E-state index contributed by atoms with van der Waals surface area (Å²) in [6.07, 6.45) is 4.29. The average molecular weight is 553 g/mol. The summed E-state index contributed by atoms with van der Waals surface area (Å²) in [7, 11) is 0. The van der Waals surface area contributed by atoms with Gasteiger partial charge in [-0.2, -0.15) is 0 Å². The summed E-state index contributed by atoms with van der Waals surface area (Å²) in [5.41, 5.74) is 0.425. The van der Waals surface area contributed by atoms with Gasteiger partial charge in [0.25, 0.3) is 5.91 Å². The molecule has 8 nitrogen and oxygen atoms in total. The number of aliphatic hydroxyl groups excluding tert-OH is 1. The molecule has 4 rings (SSSR count). The molecule has 8 heteroatoms. The minimum Gasteiger partial charge on any atom is -0.461 e. The Labute approximate surface area is 238 Å². The molecule has 3 aliphatic heterocycles. The molecule has 0 aromatic heterocycles. The van der Waals surface area contributed by atoms with Gasteiger partial charge in [0.15, 0.2) is 0 Å². The van der Waals surface area contributed by atoms with Gasteiger partial charge < -0.3 is 24.4 Å². The molecule has 40 heavy (non-hydrogen) atoms. The van der Waals surface area contributed by atoms with Crippen LogP contribution in [0.15, 0.2) is 43.5 Å². The molecule has 3 aliphatic rings. The lowest BCUT2D eigenvalue weighted by Gasteiger charge is -2.41. The molecule has 0 radical (unpaired) electrons. The highest BCUT2D eigenvalue weighted by molar-refractivity contribution is 6.05. The molecule has 3 saturated heterocycles. The zero-order valence-electron chi connectivity index (χ0n) is 24.7. The van der Waals surface area contributed by atoms with Crippen LogP contribution >= 0.6 is 0 Å². The minimum absolute atomic E-state index is 0.0195. The van der Waals surface area contributed by atoms with E-state index in [0.717, 1.165) is 16.8 Å². The number of rotatable bonds is 11. The Morgan fingerprint density at radius 1 is 1.30 bits per heavy atom. The summed E-state index contributed by atoms with van der Waals surface area (Å²) in [5.74, 6) is -3.15. The van der Waals surface area contributed by atoms with Crippen LogP contribution in [-0.2, 0) is 23.9 Å². The number of carbonyl (C=O) groups excluding carboxylic acids is 3. The molecule has 1 N–H and O–H groups in total. The van der Waals surface area contributed by atoms with Gasteiger partial charge in [-0.05, 0) is 56.2 Å². The second-order valence-electron chi connectivity index (χ2n) is 12.0. The van der Waals surface area contributed by atoms with E-state index in [0.29, 0.717) is 12.8 Å².